The molecule has 3 aromatic rings. The Morgan fingerprint density at radius 2 is 1.53 bits per heavy atom. The quantitative estimate of drug-likeness (QED) is 0.320. The minimum absolute atomic E-state index is 0.117. The number of anilines is 1. The predicted octanol–water partition coefficient (Wildman–Crippen LogP) is 4.97. The minimum Gasteiger partial charge on any atom is -0.359 e. The van der Waals surface area contributed by atoms with Gasteiger partial charge in [0.2, 0.25) is 11.8 Å². The topological polar surface area (TPSA) is 74.8 Å². The molecule has 3 aliphatic rings. The maximum Gasteiger partial charge on any atom is 0.240 e. The van der Waals surface area contributed by atoms with Crippen LogP contribution in [-0.4, -0.2) is 40.4 Å². The third-order valence-corrected chi connectivity index (χ3v) is 7.84. The lowest BCUT2D eigenvalue weighted by molar-refractivity contribution is -0.123. The van der Waals surface area contributed by atoms with E-state index in [4.69, 9.17) is 0 Å². The number of carbonyl (C=O) groups is 4. The number of halogens is 2. The number of nitrogens with zero attached hydrogens (tertiary/aromatic N) is 2. The van der Waals surface area contributed by atoms with Gasteiger partial charge in [-0.2, -0.15) is 0 Å². The van der Waals surface area contributed by atoms with Crippen molar-refractivity contribution in [3.8, 4) is 0 Å². The van der Waals surface area contributed by atoms with Crippen molar-refractivity contribution in [1.29, 1.82) is 0 Å². The van der Waals surface area contributed by atoms with Crippen LogP contribution in [0.3, 0.4) is 0 Å². The SMILES string of the molecule is O=C(C1=C[C@@H]2[C@@H]3C(=O)N(c4cccc(F)c4)C(=O)[C@@H]3[C@H](C(=O)c3ccc(Br)cc3)N2C=C1)c1ccccc1. The maximum atomic E-state index is 14.0. The second-order valence-corrected chi connectivity index (χ2v) is 10.3. The van der Waals surface area contributed by atoms with Gasteiger partial charge in [-0.3, -0.25) is 19.2 Å². The fraction of sp³-hybridized carbons (Fsp3) is 0.133. The standard InChI is InChI=1S/C30H20BrFN2O4/c31-20-11-9-18(10-12-20)28(36)26-25-24(29(37)34(30(25)38)22-8-4-7-21(32)16-22)23-15-19(13-14-33(23)26)27(35)17-5-2-1-3-6-17/h1-16,23-26H/t23-,24+,25+,26-/m1/s1. The first kappa shape index (κ1) is 24.2. The number of ketones is 2. The second-order valence-electron chi connectivity index (χ2n) is 9.43. The molecule has 2 amide bonds. The van der Waals surface area contributed by atoms with Crippen LogP contribution in [0, 0.1) is 17.7 Å². The molecule has 8 heteroatoms. The number of benzene rings is 3. The van der Waals surface area contributed by atoms with Gasteiger partial charge in [-0.15, -0.1) is 0 Å². The van der Waals surface area contributed by atoms with E-state index in [9.17, 15) is 23.6 Å². The van der Waals surface area contributed by atoms with Crippen LogP contribution in [0.25, 0.3) is 0 Å². The molecule has 3 aliphatic heterocycles. The van der Waals surface area contributed by atoms with Gasteiger partial charge in [0.05, 0.1) is 23.6 Å². The molecule has 6 nitrogen and oxygen atoms in total. The zero-order chi connectivity index (χ0) is 26.6. The second kappa shape index (κ2) is 9.29. The number of allylic oxidation sites excluding steroid dienone is 2. The lowest BCUT2D eigenvalue weighted by atomic mass is 9.85. The van der Waals surface area contributed by atoms with Crippen LogP contribution in [0.4, 0.5) is 10.1 Å². The molecule has 0 aliphatic carbocycles. The first-order valence-corrected chi connectivity index (χ1v) is 12.8. The molecule has 3 aromatic carbocycles. The fourth-order valence-corrected chi connectivity index (χ4v) is 5.87. The van der Waals surface area contributed by atoms with E-state index in [0.29, 0.717) is 16.7 Å². The molecule has 0 saturated carbocycles. The Labute approximate surface area is 226 Å². The molecule has 188 valence electrons. The molecule has 0 bridgehead atoms. The smallest absolute Gasteiger partial charge is 0.240 e. The Balaban J connectivity index is 1.44. The summed E-state index contributed by atoms with van der Waals surface area (Å²) in [5.74, 6) is -4.12. The van der Waals surface area contributed by atoms with Gasteiger partial charge >= 0.3 is 0 Å². The van der Waals surface area contributed by atoms with E-state index >= 15 is 0 Å². The summed E-state index contributed by atoms with van der Waals surface area (Å²) in [7, 11) is 0. The highest BCUT2D eigenvalue weighted by Crippen LogP contribution is 2.47. The van der Waals surface area contributed by atoms with Crippen molar-refractivity contribution in [2.24, 2.45) is 11.8 Å². The molecule has 38 heavy (non-hydrogen) atoms. The molecule has 0 spiro atoms. The molecule has 3 heterocycles. The molecule has 2 saturated heterocycles. The molecule has 4 atom stereocenters. The number of carbonyl (C=O) groups excluding carboxylic acids is 4. The van der Waals surface area contributed by atoms with E-state index in [0.717, 1.165) is 15.4 Å². The average molecular weight is 571 g/mol. The van der Waals surface area contributed by atoms with Gasteiger partial charge in [0.15, 0.2) is 11.6 Å². The summed E-state index contributed by atoms with van der Waals surface area (Å²) in [6, 6.07) is 19.1. The monoisotopic (exact) mass is 570 g/mol. The highest BCUT2D eigenvalue weighted by atomic mass is 79.9. The van der Waals surface area contributed by atoms with Crippen molar-refractivity contribution in [3.63, 3.8) is 0 Å². The maximum absolute atomic E-state index is 14.0. The fourth-order valence-electron chi connectivity index (χ4n) is 5.61. The first-order chi connectivity index (χ1) is 18.3. The van der Waals surface area contributed by atoms with Gasteiger partial charge in [-0.25, -0.2) is 9.29 Å². The third-order valence-electron chi connectivity index (χ3n) is 7.31. The number of hydrogen-bond donors (Lipinski definition) is 0. The van der Waals surface area contributed by atoms with Crippen molar-refractivity contribution in [2.75, 3.05) is 4.90 Å². The number of fused-ring (bicyclic) bond motifs is 3. The Morgan fingerprint density at radius 1 is 0.816 bits per heavy atom. The molecule has 0 aromatic heterocycles. The number of amides is 2. The van der Waals surface area contributed by atoms with Gasteiger partial charge in [0.25, 0.3) is 0 Å². The Morgan fingerprint density at radius 3 is 2.24 bits per heavy atom. The van der Waals surface area contributed by atoms with Gasteiger partial charge in [-0.1, -0.05) is 70.5 Å². The van der Waals surface area contributed by atoms with Crippen LogP contribution in [0.2, 0.25) is 0 Å². The van der Waals surface area contributed by atoms with Crippen LogP contribution in [0.5, 0.6) is 0 Å². The summed E-state index contributed by atoms with van der Waals surface area (Å²) in [6.07, 6.45) is 4.92. The van der Waals surface area contributed by atoms with E-state index in [1.165, 1.54) is 18.2 Å². The summed E-state index contributed by atoms with van der Waals surface area (Å²) < 4.78 is 14.8. The Hall–Kier alpha value is -4.17. The molecule has 2 fully saturated rings. The number of rotatable bonds is 5. The van der Waals surface area contributed by atoms with Gasteiger partial charge in [-0.05, 0) is 36.4 Å². The van der Waals surface area contributed by atoms with Gasteiger partial charge in [0.1, 0.15) is 11.9 Å². The lowest BCUT2D eigenvalue weighted by Crippen LogP contribution is -2.46. The minimum atomic E-state index is -1.00. The number of imide groups is 1. The van der Waals surface area contributed by atoms with E-state index in [2.05, 4.69) is 15.9 Å². The van der Waals surface area contributed by atoms with E-state index in [-0.39, 0.29) is 17.3 Å². The van der Waals surface area contributed by atoms with Crippen molar-refractivity contribution in [2.45, 2.75) is 12.1 Å². The summed E-state index contributed by atoms with van der Waals surface area (Å²) in [5.41, 5.74) is 1.37. The summed E-state index contributed by atoms with van der Waals surface area (Å²) in [6.45, 7) is 0. The molecule has 0 unspecified atom stereocenters. The summed E-state index contributed by atoms with van der Waals surface area (Å²) in [4.78, 5) is 57.2. The van der Waals surface area contributed by atoms with E-state index < -0.39 is 41.6 Å². The largest absolute Gasteiger partial charge is 0.359 e. The highest BCUT2D eigenvalue weighted by Gasteiger charge is 2.63. The zero-order valence-electron chi connectivity index (χ0n) is 19.8. The molecular weight excluding hydrogens is 551 g/mol. The van der Waals surface area contributed by atoms with Crippen LogP contribution < -0.4 is 4.90 Å². The van der Waals surface area contributed by atoms with E-state index in [1.54, 1.807) is 71.8 Å². The van der Waals surface area contributed by atoms with Crippen LogP contribution in [0.1, 0.15) is 20.7 Å². The van der Waals surface area contributed by atoms with Crippen LogP contribution >= 0.6 is 15.9 Å². The Bertz CT molecular complexity index is 1550. The summed E-state index contributed by atoms with van der Waals surface area (Å²) in [5, 5.41) is 0. The first-order valence-electron chi connectivity index (χ1n) is 12.1. The molecule has 6 rings (SSSR count). The van der Waals surface area contributed by atoms with Gasteiger partial charge < -0.3 is 4.90 Å². The van der Waals surface area contributed by atoms with Crippen molar-refractivity contribution < 1.29 is 23.6 Å². The van der Waals surface area contributed by atoms with Crippen LogP contribution in [-0.2, 0) is 9.59 Å². The molecule has 0 radical (unpaired) electrons. The zero-order valence-corrected chi connectivity index (χ0v) is 21.4. The average Bonchev–Trinajstić information content (AvgIpc) is 3.40. The third kappa shape index (κ3) is 3.83. The van der Waals surface area contributed by atoms with Crippen molar-refractivity contribution >= 4 is 45.0 Å². The van der Waals surface area contributed by atoms with Gasteiger partial charge in [0, 0.05) is 27.4 Å². The Kier molecular flexibility index (Phi) is 5.91. The van der Waals surface area contributed by atoms with Crippen LogP contribution in [0.15, 0.2) is 107 Å². The number of hydrogen-bond acceptors (Lipinski definition) is 5. The highest BCUT2D eigenvalue weighted by molar-refractivity contribution is 9.10. The summed E-state index contributed by atoms with van der Waals surface area (Å²) >= 11 is 3.37. The van der Waals surface area contributed by atoms with E-state index in [1.807, 2.05) is 6.07 Å². The van der Waals surface area contributed by atoms with Crippen molar-refractivity contribution in [3.05, 3.63) is 124 Å². The lowest BCUT2D eigenvalue weighted by Gasteiger charge is -2.32. The predicted molar refractivity (Wildman–Crippen MR) is 142 cm³/mol. The number of Topliss-reactive ketones (excluding diaryl/α,β-unsaturated/α-hetero) is 2. The molecule has 0 N–H and O–H groups in total. The van der Waals surface area contributed by atoms with Crippen molar-refractivity contribution in [1.82, 2.24) is 4.90 Å². The normalized spacial score (nSPS) is 23.8. The molecular formula is C30H20BrFN2O4.